The topological polar surface area (TPSA) is 67.5 Å². The standard InChI is InChI=1S/C20H25N3O3/c1-12-21-19-9-15-5-4-14(8-18(19)20(24)22-12)23(15)11-13-6-16(25-2)10-17(7-13)26-3/h6-7,10,14-15H,4-5,8-9,11H2,1-3H3,(H,21,22,24)/t14-,15+/m0/s1. The molecule has 2 atom stereocenters. The van der Waals surface area contributed by atoms with Crippen molar-refractivity contribution >= 4 is 0 Å². The first-order valence-corrected chi connectivity index (χ1v) is 9.13. The van der Waals surface area contributed by atoms with Gasteiger partial charge in [0.05, 0.1) is 19.9 Å². The molecule has 1 N–H and O–H groups in total. The summed E-state index contributed by atoms with van der Waals surface area (Å²) in [6.45, 7) is 2.68. The van der Waals surface area contributed by atoms with Crippen LogP contribution in [0, 0.1) is 6.92 Å². The number of ether oxygens (including phenoxy) is 2. The summed E-state index contributed by atoms with van der Waals surface area (Å²) in [7, 11) is 3.34. The van der Waals surface area contributed by atoms with Crippen LogP contribution in [-0.2, 0) is 19.4 Å². The fourth-order valence-electron chi connectivity index (χ4n) is 4.39. The molecule has 0 unspecified atom stereocenters. The highest BCUT2D eigenvalue weighted by Gasteiger charge is 2.38. The van der Waals surface area contributed by atoms with E-state index in [1.807, 2.05) is 13.0 Å². The number of aromatic nitrogens is 2. The SMILES string of the molecule is COc1cc(CN2[C@@H]3CC[C@H]2Cc2c(nc(C)[nH]c2=O)C3)cc(OC)c1. The highest BCUT2D eigenvalue weighted by molar-refractivity contribution is 5.38. The Hall–Kier alpha value is -2.34. The van der Waals surface area contributed by atoms with Crippen LogP contribution in [0.25, 0.3) is 0 Å². The Morgan fingerprint density at radius 2 is 1.77 bits per heavy atom. The number of aromatic amines is 1. The number of aryl methyl sites for hydroxylation is 1. The fourth-order valence-corrected chi connectivity index (χ4v) is 4.39. The maximum Gasteiger partial charge on any atom is 0.254 e. The molecule has 2 aromatic rings. The molecular weight excluding hydrogens is 330 g/mol. The van der Waals surface area contributed by atoms with E-state index in [1.54, 1.807) is 14.2 Å². The average Bonchev–Trinajstić information content (AvgIpc) is 2.90. The molecule has 0 amide bonds. The van der Waals surface area contributed by atoms with Crippen molar-refractivity contribution in [2.45, 2.75) is 51.2 Å². The van der Waals surface area contributed by atoms with E-state index in [1.165, 1.54) is 5.56 Å². The number of nitrogens with zero attached hydrogens (tertiary/aromatic N) is 2. The second kappa shape index (κ2) is 6.76. The molecule has 0 spiro atoms. The Morgan fingerprint density at radius 3 is 2.42 bits per heavy atom. The van der Waals surface area contributed by atoms with Crippen molar-refractivity contribution in [2.24, 2.45) is 0 Å². The lowest BCUT2D eigenvalue weighted by molar-refractivity contribution is 0.187. The van der Waals surface area contributed by atoms with E-state index in [4.69, 9.17) is 9.47 Å². The van der Waals surface area contributed by atoms with Crippen molar-refractivity contribution in [1.82, 2.24) is 14.9 Å². The summed E-state index contributed by atoms with van der Waals surface area (Å²) in [6.07, 6.45) is 3.89. The number of nitrogens with one attached hydrogen (secondary N) is 1. The summed E-state index contributed by atoms with van der Waals surface area (Å²) in [4.78, 5) is 22.4. The normalized spacial score (nSPS) is 22.0. The second-order valence-corrected chi connectivity index (χ2v) is 7.26. The minimum atomic E-state index is 0.0306. The molecule has 26 heavy (non-hydrogen) atoms. The van der Waals surface area contributed by atoms with Gasteiger partial charge in [-0.2, -0.15) is 0 Å². The van der Waals surface area contributed by atoms with Crippen molar-refractivity contribution in [2.75, 3.05) is 14.2 Å². The number of benzene rings is 1. The largest absolute Gasteiger partial charge is 0.497 e. The first-order valence-electron chi connectivity index (χ1n) is 9.13. The van der Waals surface area contributed by atoms with Crippen LogP contribution in [0.5, 0.6) is 11.5 Å². The molecule has 0 aliphatic carbocycles. The van der Waals surface area contributed by atoms with E-state index in [0.29, 0.717) is 17.9 Å². The fraction of sp³-hybridized carbons (Fsp3) is 0.500. The van der Waals surface area contributed by atoms with Gasteiger partial charge in [0.25, 0.3) is 5.56 Å². The van der Waals surface area contributed by atoms with Gasteiger partial charge in [0, 0.05) is 36.7 Å². The van der Waals surface area contributed by atoms with Crippen molar-refractivity contribution in [3.05, 3.63) is 51.2 Å². The maximum atomic E-state index is 12.4. The lowest BCUT2D eigenvalue weighted by Gasteiger charge is -2.28. The Bertz CT molecular complexity index is 855. The molecule has 1 fully saturated rings. The molecule has 0 radical (unpaired) electrons. The van der Waals surface area contributed by atoms with E-state index in [0.717, 1.165) is 55.0 Å². The molecule has 1 aromatic heterocycles. The number of methoxy groups -OCH3 is 2. The third-order valence-electron chi connectivity index (χ3n) is 5.64. The minimum absolute atomic E-state index is 0.0306. The van der Waals surface area contributed by atoms with Crippen LogP contribution < -0.4 is 15.0 Å². The number of H-pyrrole nitrogens is 1. The maximum absolute atomic E-state index is 12.4. The van der Waals surface area contributed by atoms with Crippen molar-refractivity contribution in [1.29, 1.82) is 0 Å². The summed E-state index contributed by atoms with van der Waals surface area (Å²) in [6, 6.07) is 6.82. The summed E-state index contributed by atoms with van der Waals surface area (Å²) in [5.41, 5.74) is 3.05. The minimum Gasteiger partial charge on any atom is -0.497 e. The third-order valence-corrected chi connectivity index (χ3v) is 5.64. The van der Waals surface area contributed by atoms with E-state index >= 15 is 0 Å². The Morgan fingerprint density at radius 1 is 1.12 bits per heavy atom. The number of rotatable bonds is 4. The lowest BCUT2D eigenvalue weighted by Crippen LogP contribution is -2.36. The molecular formula is C20H25N3O3. The van der Waals surface area contributed by atoms with Crippen LogP contribution in [0.4, 0.5) is 0 Å². The van der Waals surface area contributed by atoms with Crippen LogP contribution in [-0.4, -0.2) is 41.2 Å². The molecule has 4 rings (SSSR count). The first-order chi connectivity index (χ1) is 12.6. The first kappa shape index (κ1) is 17.1. The van der Waals surface area contributed by atoms with Gasteiger partial charge in [0.15, 0.2) is 0 Å². The van der Waals surface area contributed by atoms with Crippen LogP contribution in [0.2, 0.25) is 0 Å². The zero-order valence-electron chi connectivity index (χ0n) is 15.5. The predicted octanol–water partition coefficient (Wildman–Crippen LogP) is 2.23. The summed E-state index contributed by atoms with van der Waals surface area (Å²) >= 11 is 0. The molecule has 6 nitrogen and oxygen atoms in total. The molecule has 1 aromatic carbocycles. The second-order valence-electron chi connectivity index (χ2n) is 7.26. The van der Waals surface area contributed by atoms with Crippen molar-refractivity contribution in [3.63, 3.8) is 0 Å². The molecule has 0 saturated carbocycles. The van der Waals surface area contributed by atoms with Crippen molar-refractivity contribution in [3.8, 4) is 11.5 Å². The predicted molar refractivity (Wildman–Crippen MR) is 98.9 cm³/mol. The number of hydrogen-bond donors (Lipinski definition) is 1. The highest BCUT2D eigenvalue weighted by Crippen LogP contribution is 2.34. The summed E-state index contributed by atoms with van der Waals surface area (Å²) in [5.74, 6) is 2.31. The molecule has 6 heteroatoms. The van der Waals surface area contributed by atoms with Gasteiger partial charge in [0.1, 0.15) is 17.3 Å². The van der Waals surface area contributed by atoms with Crippen LogP contribution in [0.3, 0.4) is 0 Å². The van der Waals surface area contributed by atoms with Gasteiger partial charge in [-0.3, -0.25) is 9.69 Å². The summed E-state index contributed by atoms with van der Waals surface area (Å²) in [5, 5.41) is 0. The van der Waals surface area contributed by atoms with Gasteiger partial charge in [-0.25, -0.2) is 4.98 Å². The highest BCUT2D eigenvalue weighted by atomic mass is 16.5. The Balaban J connectivity index is 1.64. The van der Waals surface area contributed by atoms with Crippen molar-refractivity contribution < 1.29 is 9.47 Å². The van der Waals surface area contributed by atoms with Crippen LogP contribution in [0.1, 0.15) is 35.5 Å². The Kier molecular flexibility index (Phi) is 4.44. The molecule has 1 saturated heterocycles. The van der Waals surface area contributed by atoms with E-state index in [2.05, 4.69) is 27.0 Å². The molecule has 2 bridgehead atoms. The zero-order chi connectivity index (χ0) is 18.3. The van der Waals surface area contributed by atoms with E-state index in [9.17, 15) is 4.79 Å². The van der Waals surface area contributed by atoms with Gasteiger partial charge < -0.3 is 14.5 Å². The zero-order valence-corrected chi connectivity index (χ0v) is 15.5. The van der Waals surface area contributed by atoms with Gasteiger partial charge in [-0.15, -0.1) is 0 Å². The number of hydrogen-bond acceptors (Lipinski definition) is 5. The molecule has 2 aliphatic rings. The monoisotopic (exact) mass is 355 g/mol. The summed E-state index contributed by atoms with van der Waals surface area (Å²) < 4.78 is 10.8. The Labute approximate surface area is 153 Å². The lowest BCUT2D eigenvalue weighted by atomic mass is 9.98. The van der Waals surface area contributed by atoms with E-state index < -0.39 is 0 Å². The molecule has 138 valence electrons. The average molecular weight is 355 g/mol. The van der Waals surface area contributed by atoms with Gasteiger partial charge in [-0.05, 0) is 43.9 Å². The van der Waals surface area contributed by atoms with Gasteiger partial charge in [-0.1, -0.05) is 0 Å². The van der Waals surface area contributed by atoms with Crippen LogP contribution in [0.15, 0.2) is 23.0 Å². The van der Waals surface area contributed by atoms with Crippen LogP contribution >= 0.6 is 0 Å². The quantitative estimate of drug-likeness (QED) is 0.911. The van der Waals surface area contributed by atoms with E-state index in [-0.39, 0.29) is 5.56 Å². The van der Waals surface area contributed by atoms with Gasteiger partial charge in [0.2, 0.25) is 0 Å². The smallest absolute Gasteiger partial charge is 0.254 e. The van der Waals surface area contributed by atoms with Gasteiger partial charge >= 0.3 is 0 Å². The number of fused-ring (bicyclic) bond motifs is 3. The molecule has 2 aliphatic heterocycles. The third kappa shape index (κ3) is 3.09. The molecule has 3 heterocycles.